The minimum absolute atomic E-state index is 0.147. The second-order valence-corrected chi connectivity index (χ2v) is 9.42. The number of cyclic esters (lactones) is 1. The van der Waals surface area contributed by atoms with Gasteiger partial charge in [-0.3, -0.25) is 4.79 Å². The molecule has 0 saturated carbocycles. The number of carbonyl (C=O) groups excluding carboxylic acids is 1. The van der Waals surface area contributed by atoms with Crippen LogP contribution in [0.2, 0.25) is 0 Å². The van der Waals surface area contributed by atoms with Crippen LogP contribution in [0.15, 0.2) is 35.2 Å². The minimum Gasteiger partial charge on any atom is -0.461 e. The Kier molecular flexibility index (Phi) is 5.02. The highest BCUT2D eigenvalue weighted by Crippen LogP contribution is 2.40. The number of benzene rings is 1. The predicted molar refractivity (Wildman–Crippen MR) is 88.6 cm³/mol. The van der Waals surface area contributed by atoms with Gasteiger partial charge in [-0.25, -0.2) is 8.42 Å². The van der Waals surface area contributed by atoms with Crippen molar-refractivity contribution in [2.24, 2.45) is 17.3 Å². The van der Waals surface area contributed by atoms with E-state index in [9.17, 15) is 13.2 Å². The number of carbonyl (C=O) groups is 1. The van der Waals surface area contributed by atoms with E-state index in [0.29, 0.717) is 5.33 Å². The fraction of sp³-hybridized carbons (Fsp3) is 0.562. The quantitative estimate of drug-likeness (QED) is 0.587. The third-order valence-corrected chi connectivity index (χ3v) is 6.52. The molecule has 0 unspecified atom stereocenters. The zero-order valence-electron chi connectivity index (χ0n) is 13.0. The van der Waals surface area contributed by atoms with Crippen molar-refractivity contribution >= 4 is 31.7 Å². The molecule has 0 aromatic heterocycles. The third-order valence-electron chi connectivity index (χ3n) is 3.98. The van der Waals surface area contributed by atoms with Gasteiger partial charge in [0.25, 0.3) is 0 Å². The normalized spacial score (nSPS) is 26.0. The maximum absolute atomic E-state index is 12.5. The molecule has 122 valence electrons. The lowest BCUT2D eigenvalue weighted by Crippen LogP contribution is -2.35. The molecule has 3 atom stereocenters. The third kappa shape index (κ3) is 3.54. The molecule has 1 saturated heterocycles. The summed E-state index contributed by atoms with van der Waals surface area (Å²) in [6.45, 7) is 5.98. The topological polar surface area (TPSA) is 60.4 Å². The van der Waals surface area contributed by atoms with Crippen LogP contribution in [-0.4, -0.2) is 31.6 Å². The maximum Gasteiger partial charge on any atom is 0.310 e. The van der Waals surface area contributed by atoms with E-state index in [2.05, 4.69) is 15.9 Å². The van der Waals surface area contributed by atoms with Crippen LogP contribution < -0.4 is 0 Å². The Morgan fingerprint density at radius 2 is 1.77 bits per heavy atom. The summed E-state index contributed by atoms with van der Waals surface area (Å²) in [5, 5.41) is 0.537. The highest BCUT2D eigenvalue weighted by Gasteiger charge is 2.50. The van der Waals surface area contributed by atoms with Crippen molar-refractivity contribution in [3.8, 4) is 0 Å². The number of alkyl halides is 1. The van der Waals surface area contributed by atoms with Gasteiger partial charge in [-0.15, -0.1) is 0 Å². The highest BCUT2D eigenvalue weighted by molar-refractivity contribution is 9.09. The van der Waals surface area contributed by atoms with Gasteiger partial charge >= 0.3 is 5.97 Å². The number of halogens is 1. The van der Waals surface area contributed by atoms with Gasteiger partial charge in [0, 0.05) is 11.2 Å². The first kappa shape index (κ1) is 17.5. The van der Waals surface area contributed by atoms with E-state index >= 15 is 0 Å². The molecular weight excluding hydrogens is 368 g/mol. The zero-order chi connectivity index (χ0) is 16.5. The highest BCUT2D eigenvalue weighted by atomic mass is 79.9. The van der Waals surface area contributed by atoms with Crippen molar-refractivity contribution in [1.82, 2.24) is 0 Å². The molecule has 6 heteroatoms. The fourth-order valence-corrected chi connectivity index (χ4v) is 5.26. The van der Waals surface area contributed by atoms with Crippen LogP contribution in [0.4, 0.5) is 0 Å². The van der Waals surface area contributed by atoms with E-state index in [1.165, 1.54) is 0 Å². The molecule has 1 aromatic carbocycles. The van der Waals surface area contributed by atoms with Crippen LogP contribution in [0, 0.1) is 17.3 Å². The van der Waals surface area contributed by atoms with Gasteiger partial charge < -0.3 is 4.74 Å². The van der Waals surface area contributed by atoms with E-state index in [1.54, 1.807) is 30.3 Å². The second kappa shape index (κ2) is 6.32. The summed E-state index contributed by atoms with van der Waals surface area (Å²) in [4.78, 5) is 12.4. The van der Waals surface area contributed by atoms with Gasteiger partial charge in [0.2, 0.25) is 0 Å². The van der Waals surface area contributed by atoms with Crippen LogP contribution >= 0.6 is 15.9 Å². The van der Waals surface area contributed by atoms with Gasteiger partial charge in [-0.2, -0.15) is 0 Å². The van der Waals surface area contributed by atoms with E-state index in [4.69, 9.17) is 4.74 Å². The molecule has 0 amide bonds. The molecule has 1 fully saturated rings. The van der Waals surface area contributed by atoms with Crippen LogP contribution in [0.5, 0.6) is 0 Å². The molecule has 0 N–H and O–H groups in total. The molecule has 0 spiro atoms. The first-order chi connectivity index (χ1) is 10.2. The summed E-state index contributed by atoms with van der Waals surface area (Å²) < 4.78 is 30.5. The van der Waals surface area contributed by atoms with Gasteiger partial charge in [-0.05, 0) is 17.5 Å². The Bertz CT molecular complexity index is 634. The van der Waals surface area contributed by atoms with Gasteiger partial charge in [0.05, 0.1) is 16.6 Å². The number of hydrogen-bond acceptors (Lipinski definition) is 4. The first-order valence-corrected chi connectivity index (χ1v) is 9.98. The number of hydrogen-bond donors (Lipinski definition) is 0. The molecule has 1 aliphatic heterocycles. The maximum atomic E-state index is 12.5. The summed E-state index contributed by atoms with van der Waals surface area (Å²) in [6.07, 6.45) is -0.282. The lowest BCUT2D eigenvalue weighted by molar-refractivity contribution is -0.147. The van der Waals surface area contributed by atoms with Crippen LogP contribution in [0.1, 0.15) is 20.8 Å². The minimum atomic E-state index is -3.51. The average molecular weight is 389 g/mol. The fourth-order valence-electron chi connectivity index (χ4n) is 2.85. The molecule has 22 heavy (non-hydrogen) atoms. The molecule has 1 heterocycles. The number of sulfone groups is 1. The van der Waals surface area contributed by atoms with Gasteiger partial charge in [0.15, 0.2) is 9.84 Å². The standard InChI is InChI=1S/C16H21BrO4S/c1-16(2,3)14-12(9-17)13(15(18)21-14)10-22(19,20)11-7-5-4-6-8-11/h4-8,12-14H,9-10H2,1-3H3/t12-,13-,14-/m0/s1. The van der Waals surface area contributed by atoms with Crippen LogP contribution in [0.25, 0.3) is 0 Å². The Morgan fingerprint density at radius 1 is 1.18 bits per heavy atom. The molecule has 0 aliphatic carbocycles. The Morgan fingerprint density at radius 3 is 2.27 bits per heavy atom. The van der Waals surface area contributed by atoms with Crippen molar-refractivity contribution in [2.45, 2.75) is 31.8 Å². The summed E-state index contributed by atoms with van der Waals surface area (Å²) in [5.74, 6) is -1.40. The molecule has 1 aromatic rings. The Hall–Kier alpha value is -0.880. The van der Waals surface area contributed by atoms with Crippen molar-refractivity contribution in [2.75, 3.05) is 11.1 Å². The van der Waals surface area contributed by atoms with Crippen molar-refractivity contribution in [3.05, 3.63) is 30.3 Å². The molecular formula is C16H21BrO4S. The number of esters is 1. The number of ether oxygens (including phenoxy) is 1. The molecule has 0 bridgehead atoms. The predicted octanol–water partition coefficient (Wildman–Crippen LogP) is 3.06. The van der Waals surface area contributed by atoms with E-state index in [-0.39, 0.29) is 28.1 Å². The van der Waals surface area contributed by atoms with Crippen LogP contribution in [0.3, 0.4) is 0 Å². The van der Waals surface area contributed by atoms with E-state index < -0.39 is 21.7 Å². The Labute approximate surface area is 140 Å². The van der Waals surface area contributed by atoms with Gasteiger partial charge in [0.1, 0.15) is 6.10 Å². The molecule has 2 rings (SSSR count). The summed E-state index contributed by atoms with van der Waals surface area (Å²) in [5.41, 5.74) is -0.223. The van der Waals surface area contributed by atoms with Crippen molar-refractivity contribution in [1.29, 1.82) is 0 Å². The average Bonchev–Trinajstić information content (AvgIpc) is 2.76. The SMILES string of the molecule is CC(C)(C)[C@H]1OC(=O)[C@@H](CS(=O)(=O)c2ccccc2)[C@@H]1CBr. The summed E-state index contributed by atoms with van der Waals surface area (Å²) in [6, 6.07) is 8.24. The number of rotatable bonds is 4. The first-order valence-electron chi connectivity index (χ1n) is 7.21. The summed E-state index contributed by atoms with van der Waals surface area (Å²) in [7, 11) is -3.51. The van der Waals surface area contributed by atoms with E-state index in [1.807, 2.05) is 20.8 Å². The van der Waals surface area contributed by atoms with Crippen LogP contribution in [-0.2, 0) is 19.4 Å². The zero-order valence-corrected chi connectivity index (χ0v) is 15.4. The molecule has 4 nitrogen and oxygen atoms in total. The lowest BCUT2D eigenvalue weighted by Gasteiger charge is -2.30. The second-order valence-electron chi connectivity index (χ2n) is 6.74. The monoisotopic (exact) mass is 388 g/mol. The smallest absolute Gasteiger partial charge is 0.310 e. The van der Waals surface area contributed by atoms with Gasteiger partial charge in [-0.1, -0.05) is 54.9 Å². The largest absolute Gasteiger partial charge is 0.461 e. The Balaban J connectivity index is 2.27. The molecule has 0 radical (unpaired) electrons. The van der Waals surface area contributed by atoms with E-state index in [0.717, 1.165) is 0 Å². The van der Waals surface area contributed by atoms with Crippen molar-refractivity contribution < 1.29 is 17.9 Å². The van der Waals surface area contributed by atoms with Crippen molar-refractivity contribution in [3.63, 3.8) is 0 Å². The lowest BCUT2D eigenvalue weighted by atomic mass is 9.79. The molecule has 1 aliphatic rings. The summed E-state index contributed by atoms with van der Waals surface area (Å²) >= 11 is 3.41.